The van der Waals surface area contributed by atoms with Gasteiger partial charge in [0.1, 0.15) is 0 Å². The molecule has 0 aliphatic rings. The van der Waals surface area contributed by atoms with Crippen molar-refractivity contribution in [3.8, 4) is 0 Å². The maximum absolute atomic E-state index is 12.0. The summed E-state index contributed by atoms with van der Waals surface area (Å²) in [6.07, 6.45) is 2.41. The quantitative estimate of drug-likeness (QED) is 0.726. The molecule has 7 heteroatoms. The number of rotatable bonds is 5. The minimum Gasteiger partial charge on any atom is -0.478 e. The topological polar surface area (TPSA) is 95.5 Å². The number of carbonyl (C=O) groups is 1. The first-order valence-electron chi connectivity index (χ1n) is 6.31. The van der Waals surface area contributed by atoms with Crippen LogP contribution in [0.2, 0.25) is 0 Å². The van der Waals surface area contributed by atoms with Crippen LogP contribution in [-0.4, -0.2) is 25.0 Å². The van der Waals surface area contributed by atoms with Crippen LogP contribution in [0.1, 0.15) is 31.9 Å². The van der Waals surface area contributed by atoms with Gasteiger partial charge in [-0.1, -0.05) is 6.07 Å². The summed E-state index contributed by atoms with van der Waals surface area (Å²) in [5.74, 6) is -1.06. The summed E-state index contributed by atoms with van der Waals surface area (Å²) in [7, 11) is -3.70. The van der Waals surface area contributed by atoms with Gasteiger partial charge in [0.2, 0.25) is 0 Å². The van der Waals surface area contributed by atoms with Crippen molar-refractivity contribution in [2.75, 3.05) is 4.72 Å². The molecule has 0 saturated carbocycles. The summed E-state index contributed by atoms with van der Waals surface area (Å²) < 4.78 is 28.8. The van der Waals surface area contributed by atoms with Gasteiger partial charge in [0.25, 0.3) is 10.2 Å². The van der Waals surface area contributed by atoms with Crippen LogP contribution in [0.15, 0.2) is 24.3 Å². The van der Waals surface area contributed by atoms with Gasteiger partial charge in [0.15, 0.2) is 0 Å². The number of nitrogens with one attached hydrogen (secondary N) is 2. The Morgan fingerprint density at radius 2 is 1.86 bits per heavy atom. The third kappa shape index (κ3) is 6.92. The van der Waals surface area contributed by atoms with Crippen molar-refractivity contribution in [2.45, 2.75) is 33.2 Å². The molecular formula is C14H20N2O4S. The van der Waals surface area contributed by atoms with Gasteiger partial charge < -0.3 is 5.11 Å². The Bertz CT molecular complexity index is 658. The zero-order valence-corrected chi connectivity index (χ0v) is 13.3. The average molecular weight is 312 g/mol. The van der Waals surface area contributed by atoms with E-state index in [9.17, 15) is 13.2 Å². The Morgan fingerprint density at radius 3 is 2.38 bits per heavy atom. The maximum Gasteiger partial charge on any atom is 0.328 e. The third-order valence-electron chi connectivity index (χ3n) is 2.21. The number of hydrogen-bond acceptors (Lipinski definition) is 3. The molecule has 0 bridgehead atoms. The van der Waals surface area contributed by atoms with E-state index in [-0.39, 0.29) is 0 Å². The predicted molar refractivity (Wildman–Crippen MR) is 83.3 cm³/mol. The summed E-state index contributed by atoms with van der Waals surface area (Å²) in [6.45, 7) is 7.02. The molecule has 6 nitrogen and oxygen atoms in total. The molecule has 3 N–H and O–H groups in total. The Labute approximate surface area is 125 Å². The molecule has 0 amide bonds. The molecule has 1 rings (SSSR count). The number of aliphatic carboxylic acids is 1. The van der Waals surface area contributed by atoms with Crippen LogP contribution in [-0.2, 0) is 15.0 Å². The second-order valence-corrected chi connectivity index (χ2v) is 7.18. The molecule has 0 heterocycles. The minimum atomic E-state index is -3.70. The Balaban J connectivity index is 3.01. The highest BCUT2D eigenvalue weighted by molar-refractivity contribution is 7.90. The lowest BCUT2D eigenvalue weighted by molar-refractivity contribution is -0.131. The number of carboxylic acids is 1. The van der Waals surface area contributed by atoms with E-state index in [0.29, 0.717) is 11.3 Å². The molecule has 0 radical (unpaired) electrons. The molecule has 21 heavy (non-hydrogen) atoms. The lowest BCUT2D eigenvalue weighted by atomic mass is 10.1. The van der Waals surface area contributed by atoms with Crippen LogP contribution in [0.4, 0.5) is 5.69 Å². The van der Waals surface area contributed by atoms with Crippen LogP contribution in [0.3, 0.4) is 0 Å². The summed E-state index contributed by atoms with van der Waals surface area (Å²) >= 11 is 0. The van der Waals surface area contributed by atoms with Crippen molar-refractivity contribution in [1.29, 1.82) is 0 Å². The maximum atomic E-state index is 12.0. The molecule has 0 saturated heterocycles. The fourth-order valence-electron chi connectivity index (χ4n) is 1.72. The second kappa shape index (κ2) is 6.28. The normalized spacial score (nSPS) is 12.6. The van der Waals surface area contributed by atoms with Gasteiger partial charge in [-0.3, -0.25) is 4.72 Å². The molecule has 0 aliphatic heterocycles. The number of carboxylic acid groups (broad SMARTS) is 1. The molecule has 1 aromatic rings. The molecular weight excluding hydrogens is 292 g/mol. The summed E-state index contributed by atoms with van der Waals surface area (Å²) in [4.78, 5) is 10.5. The van der Waals surface area contributed by atoms with E-state index in [2.05, 4.69) is 9.44 Å². The summed E-state index contributed by atoms with van der Waals surface area (Å²) in [6, 6.07) is 4.99. The molecule has 0 fully saturated rings. The lowest BCUT2D eigenvalue weighted by Gasteiger charge is -2.21. The third-order valence-corrected chi connectivity index (χ3v) is 3.60. The average Bonchev–Trinajstić information content (AvgIpc) is 2.20. The number of hydrogen-bond donors (Lipinski definition) is 3. The van der Waals surface area contributed by atoms with Gasteiger partial charge in [0.05, 0.1) is 5.69 Å². The molecule has 0 aromatic heterocycles. The van der Waals surface area contributed by atoms with E-state index >= 15 is 0 Å². The summed E-state index contributed by atoms with van der Waals surface area (Å²) in [5, 5.41) is 8.62. The van der Waals surface area contributed by atoms with Crippen molar-refractivity contribution >= 4 is 27.9 Å². The van der Waals surface area contributed by atoms with Crippen LogP contribution >= 0.6 is 0 Å². The monoisotopic (exact) mass is 312 g/mol. The van der Waals surface area contributed by atoms with Crippen molar-refractivity contribution < 1.29 is 18.3 Å². The molecule has 0 unspecified atom stereocenters. The SMILES string of the molecule is Cc1cc(/C=C/C(=O)O)cc(NS(=O)(=O)NC(C)(C)C)c1. The lowest BCUT2D eigenvalue weighted by Crippen LogP contribution is -2.43. The van der Waals surface area contributed by atoms with E-state index in [1.54, 1.807) is 45.9 Å². The Kier molecular flexibility index (Phi) is 5.14. The van der Waals surface area contributed by atoms with E-state index in [4.69, 9.17) is 5.11 Å². The number of benzene rings is 1. The summed E-state index contributed by atoms with van der Waals surface area (Å²) in [5.41, 5.74) is 1.19. The first-order chi connectivity index (χ1) is 9.47. The van der Waals surface area contributed by atoms with E-state index in [1.165, 1.54) is 6.08 Å². The smallest absolute Gasteiger partial charge is 0.328 e. The second-order valence-electron chi connectivity index (χ2n) is 5.76. The highest BCUT2D eigenvalue weighted by Gasteiger charge is 2.19. The van der Waals surface area contributed by atoms with Crippen molar-refractivity contribution in [1.82, 2.24) is 4.72 Å². The molecule has 0 aliphatic carbocycles. The number of anilines is 1. The van der Waals surface area contributed by atoms with Crippen LogP contribution in [0, 0.1) is 6.92 Å². The fraction of sp³-hybridized carbons (Fsp3) is 0.357. The highest BCUT2D eigenvalue weighted by atomic mass is 32.2. The first kappa shape index (κ1) is 17.2. The van der Waals surface area contributed by atoms with E-state index in [0.717, 1.165) is 11.6 Å². The van der Waals surface area contributed by atoms with Crippen LogP contribution < -0.4 is 9.44 Å². The molecule has 0 spiro atoms. The Morgan fingerprint density at radius 1 is 1.24 bits per heavy atom. The van der Waals surface area contributed by atoms with Crippen molar-refractivity contribution in [3.05, 3.63) is 35.4 Å². The minimum absolute atomic E-state index is 0.372. The zero-order valence-electron chi connectivity index (χ0n) is 12.5. The highest BCUT2D eigenvalue weighted by Crippen LogP contribution is 2.17. The van der Waals surface area contributed by atoms with Gasteiger partial charge in [-0.05, 0) is 57.0 Å². The molecule has 0 atom stereocenters. The van der Waals surface area contributed by atoms with Gasteiger partial charge in [-0.25, -0.2) is 4.79 Å². The van der Waals surface area contributed by atoms with Crippen LogP contribution in [0.5, 0.6) is 0 Å². The fourth-order valence-corrected chi connectivity index (χ4v) is 3.00. The number of aryl methyl sites for hydroxylation is 1. The predicted octanol–water partition coefficient (Wildman–Crippen LogP) is 2.14. The largest absolute Gasteiger partial charge is 0.478 e. The van der Waals surface area contributed by atoms with Crippen molar-refractivity contribution in [3.63, 3.8) is 0 Å². The van der Waals surface area contributed by atoms with Gasteiger partial charge in [-0.2, -0.15) is 13.1 Å². The first-order valence-corrected chi connectivity index (χ1v) is 7.80. The van der Waals surface area contributed by atoms with Gasteiger partial charge in [-0.15, -0.1) is 0 Å². The van der Waals surface area contributed by atoms with Gasteiger partial charge in [0, 0.05) is 11.6 Å². The molecule has 1 aromatic carbocycles. The van der Waals surface area contributed by atoms with Gasteiger partial charge >= 0.3 is 5.97 Å². The molecule has 116 valence electrons. The van der Waals surface area contributed by atoms with Crippen molar-refractivity contribution in [2.24, 2.45) is 0 Å². The standard InChI is InChI=1S/C14H20N2O4S/c1-10-7-11(5-6-13(17)18)9-12(8-10)15-21(19,20)16-14(2,3)4/h5-9,15-16H,1-4H3,(H,17,18)/b6-5+. The van der Waals surface area contributed by atoms with E-state index < -0.39 is 21.7 Å². The van der Waals surface area contributed by atoms with Crippen LogP contribution in [0.25, 0.3) is 6.08 Å². The Hall–Kier alpha value is -1.86. The zero-order chi connectivity index (χ0) is 16.3. The van der Waals surface area contributed by atoms with E-state index in [1.807, 2.05) is 0 Å².